The average molecular weight is 261 g/mol. The summed E-state index contributed by atoms with van der Waals surface area (Å²) in [5.74, 6) is -1.90. The summed E-state index contributed by atoms with van der Waals surface area (Å²) in [5.41, 5.74) is -2.13. The molecule has 1 N–H and O–H groups in total. The van der Waals surface area contributed by atoms with E-state index in [2.05, 4.69) is 14.8 Å². The van der Waals surface area contributed by atoms with E-state index in [-0.39, 0.29) is 0 Å². The van der Waals surface area contributed by atoms with Gasteiger partial charge in [-0.3, -0.25) is 4.68 Å². The second-order valence-corrected chi connectivity index (χ2v) is 3.44. The number of aryl methyl sites for hydroxylation is 1. The number of nitrogens with zero attached hydrogens (tertiary/aromatic N) is 3. The molecule has 0 unspecified atom stereocenters. The van der Waals surface area contributed by atoms with Crippen molar-refractivity contribution in [3.05, 3.63) is 23.7 Å². The van der Waals surface area contributed by atoms with E-state index >= 15 is 0 Å². The summed E-state index contributed by atoms with van der Waals surface area (Å²) in [5, 5.41) is 15.2. The smallest absolute Gasteiger partial charge is 0.435 e. The number of alkyl halides is 3. The summed E-state index contributed by atoms with van der Waals surface area (Å²) in [6.45, 7) is 0. The molecule has 18 heavy (non-hydrogen) atoms. The number of aromatic nitrogens is 3. The second kappa shape index (κ2) is 3.86. The molecule has 2 aromatic heterocycles. The van der Waals surface area contributed by atoms with Gasteiger partial charge >= 0.3 is 12.1 Å². The summed E-state index contributed by atoms with van der Waals surface area (Å²) in [6, 6.07) is 0. The van der Waals surface area contributed by atoms with E-state index in [9.17, 15) is 18.0 Å². The molecule has 0 aliphatic rings. The summed E-state index contributed by atoms with van der Waals surface area (Å²) in [4.78, 5) is 10.8. The Morgan fingerprint density at radius 3 is 2.72 bits per heavy atom. The fraction of sp³-hybridized carbons (Fsp3) is 0.222. The van der Waals surface area contributed by atoms with Crippen LogP contribution in [0.1, 0.15) is 16.1 Å². The summed E-state index contributed by atoms with van der Waals surface area (Å²) < 4.78 is 43.6. The first kappa shape index (κ1) is 12.1. The molecule has 0 spiro atoms. The first-order valence-electron chi connectivity index (χ1n) is 4.60. The van der Waals surface area contributed by atoms with Crippen LogP contribution in [0, 0.1) is 0 Å². The molecule has 0 saturated carbocycles. The van der Waals surface area contributed by atoms with Crippen LogP contribution in [-0.2, 0) is 13.2 Å². The van der Waals surface area contributed by atoms with E-state index in [0.717, 1.165) is 17.1 Å². The van der Waals surface area contributed by atoms with E-state index < -0.39 is 34.7 Å². The highest BCUT2D eigenvalue weighted by Gasteiger charge is 2.39. The van der Waals surface area contributed by atoms with Crippen LogP contribution in [0.25, 0.3) is 11.3 Å². The number of rotatable bonds is 2. The van der Waals surface area contributed by atoms with Crippen LogP contribution in [0.5, 0.6) is 0 Å². The van der Waals surface area contributed by atoms with Gasteiger partial charge in [0.1, 0.15) is 5.56 Å². The third-order valence-corrected chi connectivity index (χ3v) is 2.14. The van der Waals surface area contributed by atoms with E-state index in [1.807, 2.05) is 0 Å². The number of hydrogen-bond donors (Lipinski definition) is 1. The fourth-order valence-electron chi connectivity index (χ4n) is 1.45. The molecular formula is C9H6F3N3O3. The van der Waals surface area contributed by atoms with Gasteiger partial charge in [0.2, 0.25) is 0 Å². The lowest BCUT2D eigenvalue weighted by molar-refractivity contribution is -0.141. The van der Waals surface area contributed by atoms with Gasteiger partial charge in [0.15, 0.2) is 11.5 Å². The molecule has 0 aliphatic heterocycles. The number of carboxylic acids is 1. The third-order valence-electron chi connectivity index (χ3n) is 2.14. The zero-order chi connectivity index (χ0) is 13.5. The Labute approximate surface area is 97.6 Å². The molecule has 2 heterocycles. The molecule has 0 atom stereocenters. The molecule has 0 saturated heterocycles. The summed E-state index contributed by atoms with van der Waals surface area (Å²) >= 11 is 0. The van der Waals surface area contributed by atoms with Gasteiger partial charge in [-0.1, -0.05) is 5.16 Å². The van der Waals surface area contributed by atoms with Crippen molar-refractivity contribution in [1.82, 2.24) is 14.9 Å². The molecule has 6 nitrogen and oxygen atoms in total. The molecule has 0 bridgehead atoms. The van der Waals surface area contributed by atoms with Crippen LogP contribution < -0.4 is 0 Å². The van der Waals surface area contributed by atoms with Crippen LogP contribution >= 0.6 is 0 Å². The minimum atomic E-state index is -4.71. The fourth-order valence-corrected chi connectivity index (χ4v) is 1.45. The number of aromatic carboxylic acids is 1. The predicted molar refractivity (Wildman–Crippen MR) is 50.7 cm³/mol. The Balaban J connectivity index is 2.64. The van der Waals surface area contributed by atoms with E-state index in [1.165, 1.54) is 7.05 Å². The maximum Gasteiger partial charge on any atom is 0.435 e. The van der Waals surface area contributed by atoms with Gasteiger partial charge in [-0.15, -0.1) is 0 Å². The second-order valence-electron chi connectivity index (χ2n) is 3.44. The molecule has 2 aromatic rings. The lowest BCUT2D eigenvalue weighted by atomic mass is 10.1. The highest BCUT2D eigenvalue weighted by molar-refractivity contribution is 5.94. The lowest BCUT2D eigenvalue weighted by Gasteiger charge is -2.03. The first-order valence-corrected chi connectivity index (χ1v) is 4.60. The van der Waals surface area contributed by atoms with Crippen LogP contribution in [0.15, 0.2) is 16.9 Å². The number of carboxylic acid groups (broad SMARTS) is 1. The van der Waals surface area contributed by atoms with Gasteiger partial charge in [-0.05, 0) is 0 Å². The largest absolute Gasteiger partial charge is 0.477 e. The molecule has 0 fully saturated rings. The van der Waals surface area contributed by atoms with Gasteiger partial charge in [-0.25, -0.2) is 4.79 Å². The Morgan fingerprint density at radius 2 is 2.17 bits per heavy atom. The average Bonchev–Trinajstić information content (AvgIpc) is 2.80. The monoisotopic (exact) mass is 261 g/mol. The topological polar surface area (TPSA) is 81.2 Å². The maximum absolute atomic E-state index is 12.7. The van der Waals surface area contributed by atoms with Crippen LogP contribution in [0.4, 0.5) is 13.2 Å². The molecule has 2 rings (SSSR count). The molecule has 0 radical (unpaired) electrons. The maximum atomic E-state index is 12.7. The number of hydrogen-bond acceptors (Lipinski definition) is 4. The zero-order valence-electron chi connectivity index (χ0n) is 8.89. The summed E-state index contributed by atoms with van der Waals surface area (Å²) in [7, 11) is 1.29. The Morgan fingerprint density at radius 1 is 1.50 bits per heavy atom. The van der Waals surface area contributed by atoms with Gasteiger partial charge in [0.05, 0.1) is 11.8 Å². The number of carbonyl (C=O) groups is 1. The highest BCUT2D eigenvalue weighted by Crippen LogP contribution is 2.37. The minimum Gasteiger partial charge on any atom is -0.477 e. The molecular weight excluding hydrogens is 255 g/mol. The van der Waals surface area contributed by atoms with Crippen molar-refractivity contribution in [2.75, 3.05) is 0 Å². The Bertz CT molecular complexity index is 600. The Kier molecular flexibility index (Phi) is 2.60. The van der Waals surface area contributed by atoms with Crippen molar-refractivity contribution < 1.29 is 27.6 Å². The first-order chi connectivity index (χ1) is 8.30. The van der Waals surface area contributed by atoms with E-state index in [0.29, 0.717) is 0 Å². The van der Waals surface area contributed by atoms with Gasteiger partial charge < -0.3 is 9.63 Å². The molecule has 0 amide bonds. The van der Waals surface area contributed by atoms with Crippen molar-refractivity contribution >= 4 is 5.97 Å². The van der Waals surface area contributed by atoms with Crippen molar-refractivity contribution in [2.24, 2.45) is 7.05 Å². The molecule has 9 heteroatoms. The molecule has 0 aliphatic carbocycles. The minimum absolute atomic E-state index is 0.450. The van der Waals surface area contributed by atoms with Crippen molar-refractivity contribution in [3.8, 4) is 11.3 Å². The van der Waals surface area contributed by atoms with E-state index in [4.69, 9.17) is 5.11 Å². The molecule has 96 valence electrons. The molecule has 0 aromatic carbocycles. The van der Waals surface area contributed by atoms with Crippen molar-refractivity contribution in [3.63, 3.8) is 0 Å². The predicted octanol–water partition coefficient (Wildman–Crippen LogP) is 1.79. The van der Waals surface area contributed by atoms with Gasteiger partial charge in [0.25, 0.3) is 0 Å². The van der Waals surface area contributed by atoms with Gasteiger partial charge in [0, 0.05) is 13.2 Å². The SMILES string of the molecule is Cn1cc(-c2oncc2C(=O)O)c(C(F)(F)F)n1. The van der Waals surface area contributed by atoms with Gasteiger partial charge in [-0.2, -0.15) is 18.3 Å². The van der Waals surface area contributed by atoms with Crippen molar-refractivity contribution in [1.29, 1.82) is 0 Å². The van der Waals surface area contributed by atoms with Crippen LogP contribution in [-0.4, -0.2) is 26.0 Å². The quantitative estimate of drug-likeness (QED) is 0.891. The van der Waals surface area contributed by atoms with Crippen LogP contribution in [0.2, 0.25) is 0 Å². The highest BCUT2D eigenvalue weighted by atomic mass is 19.4. The third kappa shape index (κ3) is 1.94. The summed E-state index contributed by atoms with van der Waals surface area (Å²) in [6.07, 6.45) is -2.85. The van der Waals surface area contributed by atoms with Crippen molar-refractivity contribution in [2.45, 2.75) is 6.18 Å². The Hall–Kier alpha value is -2.32. The zero-order valence-corrected chi connectivity index (χ0v) is 8.89. The lowest BCUT2D eigenvalue weighted by Crippen LogP contribution is -2.08. The van der Waals surface area contributed by atoms with Crippen LogP contribution in [0.3, 0.4) is 0 Å². The normalized spacial score (nSPS) is 11.8. The van der Waals surface area contributed by atoms with E-state index in [1.54, 1.807) is 0 Å². The standard InChI is InChI=1S/C9H6F3N3O3/c1-15-3-5(7(14-15)9(10,11)12)6-4(8(16)17)2-13-18-6/h2-3H,1H3,(H,16,17). The number of halogens is 3.